The molecule has 43 heavy (non-hydrogen) atoms. The lowest BCUT2D eigenvalue weighted by Crippen LogP contribution is -2.55. The van der Waals surface area contributed by atoms with Crippen molar-refractivity contribution in [3.63, 3.8) is 0 Å². The zero-order chi connectivity index (χ0) is 32.1. The van der Waals surface area contributed by atoms with Crippen LogP contribution in [0.25, 0.3) is 0 Å². The highest BCUT2D eigenvalue weighted by molar-refractivity contribution is 7.92. The summed E-state index contributed by atoms with van der Waals surface area (Å²) in [7, 11) is -2.83. The second-order valence-electron chi connectivity index (χ2n) is 11.0. The van der Waals surface area contributed by atoms with E-state index in [1.54, 1.807) is 37.3 Å². The average Bonchev–Trinajstić information content (AvgIpc) is 2.92. The largest absolute Gasteiger partial charge is 0.495 e. The molecule has 0 spiro atoms. The summed E-state index contributed by atoms with van der Waals surface area (Å²) < 4.78 is 34.3. The minimum atomic E-state index is -4.27. The van der Waals surface area contributed by atoms with Crippen LogP contribution in [0.5, 0.6) is 5.75 Å². The Kier molecular flexibility index (Phi) is 11.4. The summed E-state index contributed by atoms with van der Waals surface area (Å²) in [5.41, 5.74) is 0.860. The number of amides is 2. The molecular formula is C31H36Cl3N3O5S. The van der Waals surface area contributed by atoms with E-state index in [0.29, 0.717) is 21.4 Å². The van der Waals surface area contributed by atoms with E-state index in [1.165, 1.54) is 42.3 Å². The van der Waals surface area contributed by atoms with Gasteiger partial charge in [0.2, 0.25) is 11.8 Å². The number of sulfonamides is 1. The van der Waals surface area contributed by atoms with Gasteiger partial charge in [0.15, 0.2) is 0 Å². The zero-order valence-electron chi connectivity index (χ0n) is 24.9. The number of rotatable bonds is 11. The number of nitrogens with one attached hydrogen (secondary N) is 1. The fraction of sp³-hybridized carbons (Fsp3) is 0.355. The number of benzene rings is 3. The van der Waals surface area contributed by atoms with Crippen LogP contribution in [-0.2, 0) is 26.2 Å². The number of hydrogen-bond donors (Lipinski definition) is 1. The molecule has 3 rings (SSSR count). The van der Waals surface area contributed by atoms with Crippen molar-refractivity contribution in [3.8, 4) is 5.75 Å². The lowest BCUT2D eigenvalue weighted by atomic mass is 10.1. The Morgan fingerprint density at radius 3 is 2.07 bits per heavy atom. The normalized spacial score (nSPS) is 12.4. The Balaban J connectivity index is 2.15. The summed E-state index contributed by atoms with van der Waals surface area (Å²) in [6.07, 6.45) is 0.245. The molecule has 0 aliphatic carbocycles. The molecule has 1 N–H and O–H groups in total. The average molecular weight is 669 g/mol. The van der Waals surface area contributed by atoms with Gasteiger partial charge in [-0.1, -0.05) is 65.5 Å². The number of nitrogens with zero attached hydrogens (tertiary/aromatic N) is 2. The second-order valence-corrected chi connectivity index (χ2v) is 14.1. The molecule has 0 heterocycles. The molecule has 3 aromatic carbocycles. The van der Waals surface area contributed by atoms with Gasteiger partial charge in [-0.25, -0.2) is 8.42 Å². The Morgan fingerprint density at radius 1 is 0.953 bits per heavy atom. The lowest BCUT2D eigenvalue weighted by molar-refractivity contribution is -0.141. The first kappa shape index (κ1) is 34.5. The molecule has 0 fully saturated rings. The van der Waals surface area contributed by atoms with E-state index in [2.05, 4.69) is 5.32 Å². The van der Waals surface area contributed by atoms with Gasteiger partial charge in [-0.3, -0.25) is 13.9 Å². The van der Waals surface area contributed by atoms with Gasteiger partial charge in [0.05, 0.1) is 22.7 Å². The fourth-order valence-electron chi connectivity index (χ4n) is 4.40. The van der Waals surface area contributed by atoms with Crippen LogP contribution in [0.15, 0.2) is 65.6 Å². The Bertz CT molecular complexity index is 1550. The third-order valence-corrected chi connectivity index (χ3v) is 9.38. The number of hydrogen-bond acceptors (Lipinski definition) is 5. The van der Waals surface area contributed by atoms with E-state index in [1.807, 2.05) is 27.7 Å². The number of carbonyl (C=O) groups is 2. The third-order valence-electron chi connectivity index (χ3n) is 6.59. The first-order chi connectivity index (χ1) is 20.1. The van der Waals surface area contributed by atoms with Gasteiger partial charge in [0.25, 0.3) is 10.0 Å². The standard InChI is InChI=1S/C31H36Cl3N3O5S/c1-7-27(30(39)35-31(3,4)5)36(18-23-24(32)9-8-10-25(23)33)29(38)19-37(21-13-16-28(42-6)26(34)17-21)43(40,41)22-14-11-20(2)12-15-22/h8-17,27H,7,18-19H2,1-6H3,(H,35,39). The Hall–Kier alpha value is -2.98. The van der Waals surface area contributed by atoms with Gasteiger partial charge in [-0.05, 0) is 76.6 Å². The van der Waals surface area contributed by atoms with Crippen molar-refractivity contribution in [3.05, 3.63) is 86.9 Å². The van der Waals surface area contributed by atoms with E-state index in [9.17, 15) is 18.0 Å². The Labute approximate surface area is 268 Å². The smallest absolute Gasteiger partial charge is 0.264 e. The van der Waals surface area contributed by atoms with Gasteiger partial charge in [0.1, 0.15) is 18.3 Å². The molecule has 232 valence electrons. The summed E-state index contributed by atoms with van der Waals surface area (Å²) >= 11 is 19.3. The molecule has 3 aromatic rings. The van der Waals surface area contributed by atoms with Crippen LogP contribution >= 0.6 is 34.8 Å². The van der Waals surface area contributed by atoms with Crippen molar-refractivity contribution in [2.24, 2.45) is 0 Å². The number of anilines is 1. The lowest BCUT2D eigenvalue weighted by Gasteiger charge is -2.35. The first-order valence-electron chi connectivity index (χ1n) is 13.6. The molecule has 12 heteroatoms. The van der Waals surface area contributed by atoms with Crippen molar-refractivity contribution in [2.45, 2.75) is 64.1 Å². The molecule has 1 unspecified atom stereocenters. The van der Waals surface area contributed by atoms with Crippen LogP contribution in [0, 0.1) is 6.92 Å². The molecule has 0 radical (unpaired) electrons. The van der Waals surface area contributed by atoms with Gasteiger partial charge in [-0.15, -0.1) is 0 Å². The molecule has 8 nitrogen and oxygen atoms in total. The molecule has 0 aromatic heterocycles. The van der Waals surface area contributed by atoms with E-state index in [0.717, 1.165) is 9.87 Å². The molecule has 0 saturated heterocycles. The molecule has 0 saturated carbocycles. The predicted molar refractivity (Wildman–Crippen MR) is 173 cm³/mol. The van der Waals surface area contributed by atoms with Crippen molar-refractivity contribution < 1.29 is 22.7 Å². The summed E-state index contributed by atoms with van der Waals surface area (Å²) in [6, 6.07) is 14.7. The van der Waals surface area contributed by atoms with Gasteiger partial charge in [0, 0.05) is 27.7 Å². The van der Waals surface area contributed by atoms with Gasteiger partial charge in [-0.2, -0.15) is 0 Å². The van der Waals surface area contributed by atoms with Crippen LogP contribution in [0.2, 0.25) is 15.1 Å². The predicted octanol–water partition coefficient (Wildman–Crippen LogP) is 6.88. The van der Waals surface area contributed by atoms with E-state index < -0.39 is 40.0 Å². The molecule has 1 atom stereocenters. The summed E-state index contributed by atoms with van der Waals surface area (Å²) in [6.45, 7) is 8.33. The van der Waals surface area contributed by atoms with E-state index >= 15 is 0 Å². The van der Waals surface area contributed by atoms with Crippen molar-refractivity contribution in [1.29, 1.82) is 0 Å². The van der Waals surface area contributed by atoms with Crippen molar-refractivity contribution in [2.75, 3.05) is 18.0 Å². The highest BCUT2D eigenvalue weighted by Crippen LogP contribution is 2.33. The number of carbonyl (C=O) groups excluding carboxylic acids is 2. The Morgan fingerprint density at radius 2 is 1.56 bits per heavy atom. The quantitative estimate of drug-likeness (QED) is 0.240. The number of ether oxygens (including phenoxy) is 1. The van der Waals surface area contributed by atoms with Crippen molar-refractivity contribution >= 4 is 62.3 Å². The second kappa shape index (κ2) is 14.2. The van der Waals surface area contributed by atoms with Crippen LogP contribution in [-0.4, -0.2) is 50.4 Å². The molecule has 0 aliphatic rings. The van der Waals surface area contributed by atoms with Crippen molar-refractivity contribution in [1.82, 2.24) is 10.2 Å². The molecular weight excluding hydrogens is 633 g/mol. The summed E-state index contributed by atoms with van der Waals surface area (Å²) in [5.74, 6) is -0.703. The minimum absolute atomic E-state index is 0.0175. The highest BCUT2D eigenvalue weighted by Gasteiger charge is 2.35. The maximum atomic E-state index is 14.3. The molecule has 0 aliphatic heterocycles. The van der Waals surface area contributed by atoms with Gasteiger partial charge < -0.3 is 15.0 Å². The minimum Gasteiger partial charge on any atom is -0.495 e. The van der Waals surface area contributed by atoms with Gasteiger partial charge >= 0.3 is 0 Å². The number of halogens is 3. The van der Waals surface area contributed by atoms with Crippen LogP contribution < -0.4 is 14.4 Å². The number of methoxy groups -OCH3 is 1. The maximum absolute atomic E-state index is 14.3. The summed E-state index contributed by atoms with van der Waals surface area (Å²) in [5, 5.41) is 3.70. The summed E-state index contributed by atoms with van der Waals surface area (Å²) in [4.78, 5) is 29.0. The fourth-order valence-corrected chi connectivity index (χ4v) is 6.58. The first-order valence-corrected chi connectivity index (χ1v) is 16.1. The third kappa shape index (κ3) is 8.56. The van der Waals surface area contributed by atoms with Crippen LogP contribution in [0.3, 0.4) is 0 Å². The van der Waals surface area contributed by atoms with Crippen LogP contribution in [0.4, 0.5) is 5.69 Å². The number of aryl methyl sites for hydroxylation is 1. The monoisotopic (exact) mass is 667 g/mol. The molecule has 0 bridgehead atoms. The highest BCUT2D eigenvalue weighted by atomic mass is 35.5. The molecule has 2 amide bonds. The maximum Gasteiger partial charge on any atom is 0.264 e. The zero-order valence-corrected chi connectivity index (χ0v) is 28.0. The SMILES string of the molecule is CCC(C(=O)NC(C)(C)C)N(Cc1c(Cl)cccc1Cl)C(=O)CN(c1ccc(OC)c(Cl)c1)S(=O)(=O)c1ccc(C)cc1. The van der Waals surface area contributed by atoms with E-state index in [4.69, 9.17) is 39.5 Å². The van der Waals surface area contributed by atoms with Crippen LogP contribution in [0.1, 0.15) is 45.2 Å². The van der Waals surface area contributed by atoms with E-state index in [-0.39, 0.29) is 28.6 Å². The topological polar surface area (TPSA) is 96.0 Å².